The molecule has 2 spiro atoms. The van der Waals surface area contributed by atoms with Crippen molar-refractivity contribution in [3.05, 3.63) is 0 Å². The van der Waals surface area contributed by atoms with Crippen LogP contribution in [0.15, 0.2) is 0 Å². The Kier molecular flexibility index (Phi) is 9.70. The number of ether oxygens (including phenoxy) is 6. The van der Waals surface area contributed by atoms with Gasteiger partial charge in [0.25, 0.3) is 0 Å². The molecule has 3 saturated heterocycles. The van der Waals surface area contributed by atoms with Crippen LogP contribution in [0.3, 0.4) is 0 Å². The minimum absolute atomic E-state index is 0.0102. The van der Waals surface area contributed by atoms with Crippen molar-refractivity contribution in [2.45, 2.75) is 173 Å². The van der Waals surface area contributed by atoms with E-state index >= 15 is 0 Å². The van der Waals surface area contributed by atoms with Crippen molar-refractivity contribution >= 4 is 5.78 Å². The molecule has 0 bridgehead atoms. The van der Waals surface area contributed by atoms with Crippen LogP contribution >= 0.6 is 0 Å². The molecule has 308 valence electrons. The minimum Gasteiger partial charge on any atom is -0.393 e. The molecule has 5 aliphatic carbocycles. The second-order valence-corrected chi connectivity index (χ2v) is 20.3. The first-order valence-electron chi connectivity index (χ1n) is 20.6. The van der Waals surface area contributed by atoms with Gasteiger partial charge >= 0.3 is 0 Å². The highest BCUT2D eigenvalue weighted by Crippen LogP contribution is 2.89. The molecule has 20 atom stereocenters. The fraction of sp³-hybridized carbons (Fsp3) is 0.976. The van der Waals surface area contributed by atoms with Crippen molar-refractivity contribution in [1.29, 1.82) is 0 Å². The van der Waals surface area contributed by atoms with Crippen molar-refractivity contribution in [2.24, 2.45) is 56.7 Å². The average molecular weight is 767 g/mol. The van der Waals surface area contributed by atoms with Gasteiger partial charge in [-0.3, -0.25) is 4.79 Å². The second-order valence-electron chi connectivity index (χ2n) is 20.3. The number of fused-ring (bicyclic) bond motifs is 4. The maximum Gasteiger partial charge on any atom is 0.229 e. The predicted molar refractivity (Wildman–Crippen MR) is 191 cm³/mol. The first-order valence-corrected chi connectivity index (χ1v) is 20.6. The highest BCUT2D eigenvalue weighted by molar-refractivity contribution is 5.87. The van der Waals surface area contributed by atoms with Gasteiger partial charge in [-0.1, -0.05) is 48.5 Å². The Morgan fingerprint density at radius 1 is 0.778 bits per heavy atom. The zero-order chi connectivity index (χ0) is 39.1. The Morgan fingerprint density at radius 3 is 2.11 bits per heavy atom. The van der Waals surface area contributed by atoms with E-state index in [9.17, 15) is 35.4 Å². The van der Waals surface area contributed by atoms with Crippen molar-refractivity contribution in [3.63, 3.8) is 0 Å². The van der Waals surface area contributed by atoms with Crippen LogP contribution < -0.4 is 0 Å². The smallest absolute Gasteiger partial charge is 0.229 e. The Morgan fingerprint density at radius 2 is 1.44 bits per heavy atom. The molecule has 3 heterocycles. The zero-order valence-corrected chi connectivity index (χ0v) is 33.3. The molecule has 8 fully saturated rings. The zero-order valence-electron chi connectivity index (χ0n) is 33.3. The summed E-state index contributed by atoms with van der Waals surface area (Å²) >= 11 is 0. The fourth-order valence-electron chi connectivity index (χ4n) is 14.7. The van der Waals surface area contributed by atoms with Crippen LogP contribution in [0.2, 0.25) is 0 Å². The van der Waals surface area contributed by atoms with E-state index in [1.54, 1.807) is 7.11 Å². The summed E-state index contributed by atoms with van der Waals surface area (Å²) < 4.78 is 36.9. The SMILES string of the molecule is CO[C@@]1(C(=O)C(C)C)C[C@@H](C)[C@H]2[C@H](C[C@@]3(C)[C@@H]4C[C@H](O)[C@H]5C(C)(C)[C@@H](O[C@@H]6OC[C@@H](O)[C@H](O)[C@H]6O[C@@H]6OC[C@H](O)[C@H](O)[C@H]6O)CC[C@@]56C[C@@]46CC[C@]23C)O1. The van der Waals surface area contributed by atoms with Gasteiger partial charge in [-0.15, -0.1) is 0 Å². The fourth-order valence-corrected chi connectivity index (χ4v) is 14.7. The molecule has 0 unspecified atom stereocenters. The van der Waals surface area contributed by atoms with Gasteiger partial charge in [0.1, 0.15) is 36.6 Å². The van der Waals surface area contributed by atoms with Crippen molar-refractivity contribution in [2.75, 3.05) is 20.3 Å². The van der Waals surface area contributed by atoms with Gasteiger partial charge in [0.05, 0.1) is 31.5 Å². The van der Waals surface area contributed by atoms with Crippen LogP contribution in [0.25, 0.3) is 0 Å². The summed E-state index contributed by atoms with van der Waals surface area (Å²) in [6.07, 6.45) is -5.01. The van der Waals surface area contributed by atoms with Gasteiger partial charge < -0.3 is 59.1 Å². The van der Waals surface area contributed by atoms with Gasteiger partial charge in [-0.2, -0.15) is 0 Å². The lowest BCUT2D eigenvalue weighted by Crippen LogP contribution is -2.64. The molecule has 0 radical (unpaired) electrons. The van der Waals surface area contributed by atoms with Crippen molar-refractivity contribution in [1.82, 2.24) is 0 Å². The summed E-state index contributed by atoms with van der Waals surface area (Å²) in [4.78, 5) is 13.6. The van der Waals surface area contributed by atoms with Crippen LogP contribution in [0.4, 0.5) is 0 Å². The molecule has 13 heteroatoms. The molecule has 0 aromatic rings. The Hall–Kier alpha value is -0.810. The summed E-state index contributed by atoms with van der Waals surface area (Å²) in [6.45, 7) is 14.9. The number of Topliss-reactive ketones (excluding diaryl/α,β-unsaturated/α-hetero) is 1. The first-order chi connectivity index (χ1) is 25.2. The summed E-state index contributed by atoms with van der Waals surface area (Å²) in [5.41, 5.74) is -0.575. The quantitative estimate of drug-likeness (QED) is 0.207. The molecule has 3 aliphatic heterocycles. The lowest BCUT2D eigenvalue weighted by Gasteiger charge is -2.64. The van der Waals surface area contributed by atoms with Gasteiger partial charge in [0.2, 0.25) is 5.79 Å². The van der Waals surface area contributed by atoms with Gasteiger partial charge in [-0.25, -0.2) is 0 Å². The standard InChI is InChI=1S/C41H66O13/c1-19(2)33(48)41(49-8)14-20(3)27-24(54-41)15-38(7)25-13-21(42)32-36(4,5)26(9-10-40(32)18-39(25,40)12-11-37(27,38)6)52-35-31(29(46)23(44)17-51-35)53-34-30(47)28(45)22(43)16-50-34/h19-32,34-35,42-47H,9-18H2,1-8H3/t20-,21+,22+,23-,24+,25+,26+,27+,28+,29+,30-,31-,32+,34+,35+,37-,38+,39+,40-,41+/m1/s1. The Labute approximate surface area is 319 Å². The molecule has 5 saturated carbocycles. The predicted octanol–water partition coefficient (Wildman–Crippen LogP) is 2.29. The highest BCUT2D eigenvalue weighted by atomic mass is 16.8. The summed E-state index contributed by atoms with van der Waals surface area (Å²) in [7, 11) is 1.60. The monoisotopic (exact) mass is 766 g/mol. The largest absolute Gasteiger partial charge is 0.393 e. The first kappa shape index (κ1) is 40.0. The number of methoxy groups -OCH3 is 1. The number of carbonyl (C=O) groups is 1. The molecular weight excluding hydrogens is 700 g/mol. The van der Waals surface area contributed by atoms with Gasteiger partial charge in [0, 0.05) is 19.4 Å². The topological polar surface area (TPSA) is 194 Å². The van der Waals surface area contributed by atoms with Crippen LogP contribution in [0, 0.1) is 56.7 Å². The maximum absolute atomic E-state index is 13.6. The molecule has 0 aromatic heterocycles. The molecule has 6 N–H and O–H groups in total. The molecule has 8 aliphatic rings. The van der Waals surface area contributed by atoms with E-state index in [0.29, 0.717) is 31.1 Å². The molecule has 13 nitrogen and oxygen atoms in total. The summed E-state index contributed by atoms with van der Waals surface area (Å²) in [6, 6.07) is 0. The summed E-state index contributed by atoms with van der Waals surface area (Å²) in [5.74, 6) is -0.622. The number of rotatable bonds is 7. The number of aliphatic hydroxyl groups is 6. The number of aliphatic hydroxyl groups excluding tert-OH is 6. The van der Waals surface area contributed by atoms with Crippen molar-refractivity contribution < 1.29 is 63.9 Å². The van der Waals surface area contributed by atoms with E-state index in [1.165, 1.54) is 0 Å². The highest BCUT2D eigenvalue weighted by Gasteiger charge is 2.85. The third kappa shape index (κ3) is 5.29. The maximum atomic E-state index is 13.6. The number of ketones is 1. The number of carbonyl (C=O) groups excluding carboxylic acids is 1. The van der Waals surface area contributed by atoms with E-state index in [4.69, 9.17) is 28.4 Å². The van der Waals surface area contributed by atoms with Crippen molar-refractivity contribution in [3.8, 4) is 0 Å². The third-order valence-electron chi connectivity index (χ3n) is 17.3. The van der Waals surface area contributed by atoms with E-state index in [-0.39, 0.29) is 70.6 Å². The van der Waals surface area contributed by atoms with E-state index in [1.807, 2.05) is 13.8 Å². The Balaban J connectivity index is 1.03. The van der Waals surface area contributed by atoms with Crippen LogP contribution in [-0.4, -0.2) is 130 Å². The average Bonchev–Trinajstić information content (AvgIpc) is 3.69. The van der Waals surface area contributed by atoms with Gasteiger partial charge in [0.15, 0.2) is 18.4 Å². The Bertz CT molecular complexity index is 1460. The van der Waals surface area contributed by atoms with Crippen LogP contribution in [0.1, 0.15) is 99.8 Å². The van der Waals surface area contributed by atoms with E-state index < -0.39 is 66.5 Å². The number of hydrogen-bond acceptors (Lipinski definition) is 13. The van der Waals surface area contributed by atoms with Gasteiger partial charge in [-0.05, 0) is 95.7 Å². The lowest BCUT2D eigenvalue weighted by atomic mass is 9.41. The van der Waals surface area contributed by atoms with E-state index in [0.717, 1.165) is 32.1 Å². The molecular formula is C41H66O13. The molecule has 54 heavy (non-hydrogen) atoms. The normalized spacial score (nSPS) is 57.6. The molecule has 0 aromatic carbocycles. The number of hydrogen-bond donors (Lipinski definition) is 6. The molecule has 0 amide bonds. The summed E-state index contributed by atoms with van der Waals surface area (Å²) in [5, 5.41) is 64.7. The minimum atomic E-state index is -1.59. The third-order valence-corrected chi connectivity index (χ3v) is 17.3. The van der Waals surface area contributed by atoms with E-state index in [2.05, 4.69) is 34.6 Å². The van der Waals surface area contributed by atoms with Crippen LogP contribution in [-0.2, 0) is 33.2 Å². The molecule has 8 rings (SSSR count). The lowest BCUT2D eigenvalue weighted by molar-refractivity contribution is -0.356. The second kappa shape index (κ2) is 13.1. The van der Waals surface area contributed by atoms with Crippen LogP contribution in [0.5, 0.6) is 0 Å².